The highest BCUT2D eigenvalue weighted by Crippen LogP contribution is 2.30. The Morgan fingerprint density at radius 2 is 2.07 bits per heavy atom. The van der Waals surface area contributed by atoms with Gasteiger partial charge in [0, 0.05) is 30.5 Å². The van der Waals surface area contributed by atoms with Crippen molar-refractivity contribution in [3.63, 3.8) is 0 Å². The molecule has 0 amide bonds. The summed E-state index contributed by atoms with van der Waals surface area (Å²) in [6.07, 6.45) is 1.23. The quantitative estimate of drug-likeness (QED) is 0.549. The van der Waals surface area contributed by atoms with Crippen LogP contribution >= 0.6 is 0 Å². The van der Waals surface area contributed by atoms with Gasteiger partial charge in [-0.2, -0.15) is 0 Å². The number of hydrogen-bond donors (Lipinski definition) is 1. The number of pyridine rings is 2. The molecule has 142 valence electrons. The van der Waals surface area contributed by atoms with Crippen LogP contribution in [0.1, 0.15) is 11.9 Å². The first-order valence-electron chi connectivity index (χ1n) is 8.58. The van der Waals surface area contributed by atoms with Crippen LogP contribution < -0.4 is 20.9 Å². The van der Waals surface area contributed by atoms with Crippen LogP contribution in [-0.2, 0) is 0 Å². The second-order valence-electron chi connectivity index (χ2n) is 6.27. The van der Waals surface area contributed by atoms with Crippen molar-refractivity contribution in [3.05, 3.63) is 70.8 Å². The number of aromatic nitrogens is 3. The van der Waals surface area contributed by atoms with Gasteiger partial charge in [-0.25, -0.2) is 9.37 Å². The molecule has 1 atom stereocenters. The number of methoxy groups -OCH3 is 1. The lowest BCUT2D eigenvalue weighted by atomic mass is 10.1. The number of ether oxygens (including phenoxy) is 1. The largest absolute Gasteiger partial charge is 0.493 e. The molecule has 0 aliphatic rings. The van der Waals surface area contributed by atoms with Gasteiger partial charge in [0.2, 0.25) is 0 Å². The Balaban J connectivity index is 1.97. The molecule has 3 heterocycles. The van der Waals surface area contributed by atoms with Gasteiger partial charge in [0.05, 0.1) is 12.6 Å². The van der Waals surface area contributed by atoms with Crippen molar-refractivity contribution >= 4 is 28.1 Å². The van der Waals surface area contributed by atoms with Crippen LogP contribution in [0.2, 0.25) is 0 Å². The summed E-state index contributed by atoms with van der Waals surface area (Å²) >= 11 is 0. The van der Waals surface area contributed by atoms with E-state index in [0.29, 0.717) is 11.4 Å². The number of nitrogens with zero attached hydrogens (tertiary/aromatic N) is 4. The minimum atomic E-state index is -1.98. The molecule has 0 aliphatic heterocycles. The average Bonchev–Trinajstić information content (AvgIpc) is 2.72. The minimum Gasteiger partial charge on any atom is -0.493 e. The maximum absolute atomic E-state index is 14.3. The summed E-state index contributed by atoms with van der Waals surface area (Å²) in [5.41, 5.74) is 6.52. The van der Waals surface area contributed by atoms with Crippen LogP contribution in [0.3, 0.4) is 0 Å². The predicted molar refractivity (Wildman–Crippen MR) is 106 cm³/mol. The van der Waals surface area contributed by atoms with Crippen LogP contribution in [0.15, 0.2) is 59.7 Å². The average molecular weight is 379 g/mol. The van der Waals surface area contributed by atoms with E-state index < -0.39 is 11.9 Å². The van der Waals surface area contributed by atoms with Crippen molar-refractivity contribution in [1.82, 2.24) is 14.4 Å². The summed E-state index contributed by atoms with van der Waals surface area (Å²) in [7, 11) is 3.19. The fraction of sp³-hybridized carbons (Fsp3) is 0.150. The standard InChI is InChI=1S/C20H18FN5O2/c1-25(13-7-8-14-12(11-13)5-3-9-23-14)19-16(17(21)22)20(27)26-10-4-6-15(28-2)18(26)24-19/h3-11,17H,22H2,1-2H3. The summed E-state index contributed by atoms with van der Waals surface area (Å²) in [4.78, 5) is 23.4. The number of nitrogens with two attached hydrogens (primary N) is 1. The van der Waals surface area contributed by atoms with Gasteiger partial charge in [0.1, 0.15) is 11.4 Å². The second-order valence-corrected chi connectivity index (χ2v) is 6.27. The first-order chi connectivity index (χ1) is 13.5. The van der Waals surface area contributed by atoms with E-state index in [-0.39, 0.29) is 17.0 Å². The molecule has 8 heteroatoms. The maximum atomic E-state index is 14.3. The van der Waals surface area contributed by atoms with Gasteiger partial charge >= 0.3 is 0 Å². The Hall–Kier alpha value is -3.52. The van der Waals surface area contributed by atoms with Crippen molar-refractivity contribution < 1.29 is 9.13 Å². The summed E-state index contributed by atoms with van der Waals surface area (Å²) < 4.78 is 20.8. The fourth-order valence-electron chi connectivity index (χ4n) is 3.19. The Bertz CT molecular complexity index is 1240. The lowest BCUT2D eigenvalue weighted by Crippen LogP contribution is -2.28. The van der Waals surface area contributed by atoms with E-state index in [2.05, 4.69) is 9.97 Å². The first kappa shape index (κ1) is 17.9. The molecule has 0 saturated carbocycles. The minimum absolute atomic E-state index is 0.132. The zero-order valence-electron chi connectivity index (χ0n) is 15.3. The molecular weight excluding hydrogens is 361 g/mol. The van der Waals surface area contributed by atoms with Crippen LogP contribution in [-0.4, -0.2) is 28.5 Å². The fourth-order valence-corrected chi connectivity index (χ4v) is 3.19. The van der Waals surface area contributed by atoms with Crippen molar-refractivity contribution in [2.24, 2.45) is 5.73 Å². The highest BCUT2D eigenvalue weighted by molar-refractivity contribution is 5.83. The summed E-state index contributed by atoms with van der Waals surface area (Å²) in [5, 5.41) is 0.910. The van der Waals surface area contributed by atoms with E-state index in [1.165, 1.54) is 17.7 Å². The molecule has 0 aliphatic carbocycles. The molecular formula is C20H18FN5O2. The highest BCUT2D eigenvalue weighted by Gasteiger charge is 2.23. The monoisotopic (exact) mass is 379 g/mol. The first-order valence-corrected chi connectivity index (χ1v) is 8.58. The van der Waals surface area contributed by atoms with Crippen molar-refractivity contribution in [1.29, 1.82) is 0 Å². The van der Waals surface area contributed by atoms with Gasteiger partial charge in [-0.05, 0) is 36.4 Å². The molecule has 28 heavy (non-hydrogen) atoms. The van der Waals surface area contributed by atoms with E-state index in [1.807, 2.05) is 30.3 Å². The zero-order valence-corrected chi connectivity index (χ0v) is 15.3. The lowest BCUT2D eigenvalue weighted by Gasteiger charge is -2.23. The van der Waals surface area contributed by atoms with Crippen LogP contribution in [0.4, 0.5) is 15.9 Å². The molecule has 0 radical (unpaired) electrons. The molecule has 7 nitrogen and oxygen atoms in total. The highest BCUT2D eigenvalue weighted by atomic mass is 19.1. The molecule has 1 unspecified atom stereocenters. The topological polar surface area (TPSA) is 85.8 Å². The number of anilines is 2. The smallest absolute Gasteiger partial charge is 0.267 e. The van der Waals surface area contributed by atoms with E-state index in [1.54, 1.807) is 30.3 Å². The van der Waals surface area contributed by atoms with Gasteiger partial charge in [-0.1, -0.05) is 6.07 Å². The third-order valence-corrected chi connectivity index (χ3v) is 4.62. The molecule has 3 aromatic heterocycles. The van der Waals surface area contributed by atoms with Gasteiger partial charge < -0.3 is 9.64 Å². The maximum Gasteiger partial charge on any atom is 0.267 e. The van der Waals surface area contributed by atoms with E-state index in [9.17, 15) is 9.18 Å². The zero-order chi connectivity index (χ0) is 19.8. The van der Waals surface area contributed by atoms with Gasteiger partial charge in [-0.3, -0.25) is 19.9 Å². The molecule has 4 rings (SSSR count). The summed E-state index contributed by atoms with van der Waals surface area (Å²) in [6, 6.07) is 12.6. The number of halogens is 1. The molecule has 2 N–H and O–H groups in total. The van der Waals surface area contributed by atoms with Crippen molar-refractivity contribution in [2.75, 3.05) is 19.1 Å². The molecule has 0 spiro atoms. The number of rotatable bonds is 4. The Morgan fingerprint density at radius 3 is 2.82 bits per heavy atom. The molecule has 0 bridgehead atoms. The Morgan fingerprint density at radius 1 is 1.25 bits per heavy atom. The van der Waals surface area contributed by atoms with E-state index in [4.69, 9.17) is 10.5 Å². The van der Waals surface area contributed by atoms with Crippen LogP contribution in [0, 0.1) is 0 Å². The second kappa shape index (κ2) is 6.90. The van der Waals surface area contributed by atoms with Crippen molar-refractivity contribution in [2.45, 2.75) is 6.30 Å². The van der Waals surface area contributed by atoms with Gasteiger partial charge in [-0.15, -0.1) is 0 Å². The van der Waals surface area contributed by atoms with Crippen molar-refractivity contribution in [3.8, 4) is 5.75 Å². The molecule has 4 aromatic rings. The molecule has 1 aromatic carbocycles. The van der Waals surface area contributed by atoms with Gasteiger partial charge in [0.25, 0.3) is 5.56 Å². The van der Waals surface area contributed by atoms with E-state index >= 15 is 0 Å². The molecule has 0 fully saturated rings. The molecule has 0 saturated heterocycles. The third kappa shape index (κ3) is 2.84. The summed E-state index contributed by atoms with van der Waals surface area (Å²) in [5.74, 6) is 0.531. The number of alkyl halides is 1. The van der Waals surface area contributed by atoms with Gasteiger partial charge in [0.15, 0.2) is 17.7 Å². The van der Waals surface area contributed by atoms with Crippen LogP contribution in [0.25, 0.3) is 16.6 Å². The number of hydrogen-bond acceptors (Lipinski definition) is 6. The normalized spacial score (nSPS) is 12.3. The SMILES string of the molecule is COc1cccn2c(=O)c(C(N)F)c(N(C)c3ccc4ncccc4c3)nc12. The third-order valence-electron chi connectivity index (χ3n) is 4.62. The van der Waals surface area contributed by atoms with Crippen LogP contribution in [0.5, 0.6) is 5.75 Å². The Kier molecular flexibility index (Phi) is 4.40. The number of fused-ring (bicyclic) bond motifs is 2. The summed E-state index contributed by atoms with van der Waals surface area (Å²) in [6.45, 7) is 0. The Labute approximate surface area is 159 Å². The number of benzene rings is 1. The predicted octanol–water partition coefficient (Wildman–Crippen LogP) is 2.95. The van der Waals surface area contributed by atoms with E-state index in [0.717, 1.165) is 10.9 Å². The lowest BCUT2D eigenvalue weighted by molar-refractivity contribution is 0.352.